The van der Waals surface area contributed by atoms with E-state index in [2.05, 4.69) is 43.0 Å². The van der Waals surface area contributed by atoms with Gasteiger partial charge >= 0.3 is 0 Å². The second-order valence-corrected chi connectivity index (χ2v) is 7.60. The van der Waals surface area contributed by atoms with Crippen molar-refractivity contribution in [3.05, 3.63) is 35.4 Å². The Balaban J connectivity index is 1.85. The average Bonchev–Trinajstić information content (AvgIpc) is 2.55. The summed E-state index contributed by atoms with van der Waals surface area (Å²) in [4.78, 5) is 15.4. The van der Waals surface area contributed by atoms with Gasteiger partial charge < -0.3 is 9.64 Å². The number of thioether (sulfide) groups is 1. The lowest BCUT2D eigenvalue weighted by Crippen LogP contribution is -2.49. The van der Waals surface area contributed by atoms with E-state index in [1.165, 1.54) is 11.1 Å². The number of fused-ring (bicyclic) bond motifs is 1. The highest BCUT2D eigenvalue weighted by atomic mass is 32.2. The molecular formula is C18H25NO2S. The van der Waals surface area contributed by atoms with Crippen molar-refractivity contribution in [1.29, 1.82) is 0 Å². The normalized spacial score (nSPS) is 22.4. The van der Waals surface area contributed by atoms with Crippen LogP contribution in [0.1, 0.15) is 43.1 Å². The predicted octanol–water partition coefficient (Wildman–Crippen LogP) is 3.43. The molecule has 1 amide bonds. The quantitative estimate of drug-likeness (QED) is 0.855. The lowest BCUT2D eigenvalue weighted by atomic mass is 9.98. The van der Waals surface area contributed by atoms with Crippen LogP contribution in [0.15, 0.2) is 24.3 Å². The van der Waals surface area contributed by atoms with Gasteiger partial charge in [-0.15, -0.1) is 11.8 Å². The van der Waals surface area contributed by atoms with Crippen molar-refractivity contribution in [2.45, 2.75) is 50.4 Å². The molecule has 1 aromatic carbocycles. The van der Waals surface area contributed by atoms with E-state index in [4.69, 9.17) is 4.74 Å². The van der Waals surface area contributed by atoms with Crippen LogP contribution in [0, 0.1) is 0 Å². The summed E-state index contributed by atoms with van der Waals surface area (Å²) in [5, 5.41) is -0.0322. The molecular weight excluding hydrogens is 294 g/mol. The third kappa shape index (κ3) is 3.18. The molecule has 0 aliphatic carbocycles. The fraction of sp³-hybridized carbons (Fsp3) is 0.611. The summed E-state index contributed by atoms with van der Waals surface area (Å²) in [6, 6.07) is 9.01. The number of carbonyl (C=O) groups excluding carboxylic acids is 1. The van der Waals surface area contributed by atoms with Gasteiger partial charge in [-0.1, -0.05) is 24.3 Å². The monoisotopic (exact) mass is 319 g/mol. The molecule has 1 fully saturated rings. The van der Waals surface area contributed by atoms with E-state index in [9.17, 15) is 4.79 Å². The number of rotatable bonds is 3. The molecule has 120 valence electrons. The zero-order chi connectivity index (χ0) is 15.5. The van der Waals surface area contributed by atoms with Crippen LogP contribution in [0.5, 0.6) is 0 Å². The molecule has 22 heavy (non-hydrogen) atoms. The van der Waals surface area contributed by atoms with Crippen LogP contribution in [0.4, 0.5) is 0 Å². The van der Waals surface area contributed by atoms with E-state index in [1.54, 1.807) is 11.8 Å². The first-order valence-electron chi connectivity index (χ1n) is 8.28. The smallest absolute Gasteiger partial charge is 0.240 e. The van der Waals surface area contributed by atoms with E-state index >= 15 is 0 Å². The van der Waals surface area contributed by atoms with Crippen LogP contribution in [0.2, 0.25) is 0 Å². The van der Waals surface area contributed by atoms with Gasteiger partial charge in [0, 0.05) is 25.3 Å². The van der Waals surface area contributed by atoms with Gasteiger partial charge in [-0.3, -0.25) is 4.79 Å². The summed E-state index contributed by atoms with van der Waals surface area (Å²) in [6.45, 7) is 5.81. The Bertz CT molecular complexity index is 526. The second kappa shape index (κ2) is 7.05. The van der Waals surface area contributed by atoms with E-state index in [0.29, 0.717) is 11.9 Å². The summed E-state index contributed by atoms with van der Waals surface area (Å²) < 4.78 is 5.47. The number of amides is 1. The van der Waals surface area contributed by atoms with E-state index in [1.807, 2.05) is 0 Å². The molecule has 0 radical (unpaired) electrons. The van der Waals surface area contributed by atoms with Gasteiger partial charge in [0.05, 0.1) is 0 Å². The lowest BCUT2D eigenvalue weighted by Gasteiger charge is -2.40. The van der Waals surface area contributed by atoms with Crippen molar-refractivity contribution in [2.24, 2.45) is 0 Å². The van der Waals surface area contributed by atoms with Crippen LogP contribution < -0.4 is 0 Å². The minimum atomic E-state index is -0.0322. The van der Waals surface area contributed by atoms with Gasteiger partial charge in [-0.25, -0.2) is 0 Å². The summed E-state index contributed by atoms with van der Waals surface area (Å²) >= 11 is 1.80. The standard InChI is InChI=1S/C18H25NO2S/c1-13(2)19(15-7-10-21-11-8-15)18(20)17-16-6-4-3-5-14(16)9-12-22-17/h3-6,13,15,17H,7-12H2,1-2H3. The van der Waals surface area contributed by atoms with E-state index in [-0.39, 0.29) is 11.3 Å². The summed E-state index contributed by atoms with van der Waals surface area (Å²) in [6.07, 6.45) is 3.00. The largest absolute Gasteiger partial charge is 0.381 e. The highest BCUT2D eigenvalue weighted by Gasteiger charge is 2.35. The van der Waals surface area contributed by atoms with E-state index in [0.717, 1.165) is 38.2 Å². The van der Waals surface area contributed by atoms with Crippen LogP contribution in [-0.2, 0) is 16.0 Å². The van der Waals surface area contributed by atoms with Gasteiger partial charge in [-0.2, -0.15) is 0 Å². The number of ether oxygens (including phenoxy) is 1. The Morgan fingerprint density at radius 1 is 1.27 bits per heavy atom. The number of benzene rings is 1. The molecule has 1 atom stereocenters. The van der Waals surface area contributed by atoms with Crippen molar-refractivity contribution in [1.82, 2.24) is 4.90 Å². The Morgan fingerprint density at radius 2 is 2.00 bits per heavy atom. The second-order valence-electron chi connectivity index (χ2n) is 6.38. The summed E-state index contributed by atoms with van der Waals surface area (Å²) in [5.74, 6) is 1.33. The van der Waals surface area contributed by atoms with Crippen LogP contribution in [0.25, 0.3) is 0 Å². The maximum Gasteiger partial charge on any atom is 0.240 e. The number of hydrogen-bond donors (Lipinski definition) is 0. The molecule has 3 nitrogen and oxygen atoms in total. The first-order chi connectivity index (χ1) is 10.7. The Hall–Kier alpha value is -1.00. The number of carbonyl (C=O) groups is 1. The zero-order valence-electron chi connectivity index (χ0n) is 13.5. The molecule has 2 heterocycles. The molecule has 1 saturated heterocycles. The maximum absolute atomic E-state index is 13.3. The Labute approximate surface area is 137 Å². The molecule has 2 aliphatic heterocycles. The predicted molar refractivity (Wildman–Crippen MR) is 91.2 cm³/mol. The van der Waals surface area contributed by atoms with Gasteiger partial charge in [0.2, 0.25) is 5.91 Å². The topological polar surface area (TPSA) is 29.5 Å². The minimum Gasteiger partial charge on any atom is -0.381 e. The van der Waals surface area contributed by atoms with Crippen molar-refractivity contribution in [2.75, 3.05) is 19.0 Å². The molecule has 0 aromatic heterocycles. The van der Waals surface area contributed by atoms with E-state index < -0.39 is 0 Å². The summed E-state index contributed by atoms with van der Waals surface area (Å²) in [7, 11) is 0. The first-order valence-corrected chi connectivity index (χ1v) is 9.32. The highest BCUT2D eigenvalue weighted by molar-refractivity contribution is 8.00. The molecule has 3 rings (SSSR count). The van der Waals surface area contributed by atoms with Crippen molar-refractivity contribution in [3.8, 4) is 0 Å². The third-order valence-electron chi connectivity index (χ3n) is 4.61. The first kappa shape index (κ1) is 15.9. The number of aryl methyl sites for hydroxylation is 1. The maximum atomic E-state index is 13.3. The zero-order valence-corrected chi connectivity index (χ0v) is 14.3. The number of nitrogens with zero attached hydrogens (tertiary/aromatic N) is 1. The molecule has 1 aromatic rings. The lowest BCUT2D eigenvalue weighted by molar-refractivity contribution is -0.137. The van der Waals surface area contributed by atoms with Crippen LogP contribution >= 0.6 is 11.8 Å². The molecule has 1 unspecified atom stereocenters. The van der Waals surface area contributed by atoms with Crippen molar-refractivity contribution >= 4 is 17.7 Å². The minimum absolute atomic E-state index is 0.0322. The molecule has 4 heteroatoms. The molecule has 2 aliphatic rings. The Morgan fingerprint density at radius 3 is 2.73 bits per heavy atom. The van der Waals surface area contributed by atoms with Gasteiger partial charge in [0.15, 0.2) is 0 Å². The van der Waals surface area contributed by atoms with Crippen LogP contribution in [0.3, 0.4) is 0 Å². The Kier molecular flexibility index (Phi) is 5.09. The number of hydrogen-bond acceptors (Lipinski definition) is 3. The van der Waals surface area contributed by atoms with Crippen molar-refractivity contribution in [3.63, 3.8) is 0 Å². The summed E-state index contributed by atoms with van der Waals surface area (Å²) in [5.41, 5.74) is 2.57. The van der Waals surface area contributed by atoms with Gasteiger partial charge in [-0.05, 0) is 50.0 Å². The van der Waals surface area contributed by atoms with Crippen molar-refractivity contribution < 1.29 is 9.53 Å². The van der Waals surface area contributed by atoms with Gasteiger partial charge in [0.1, 0.15) is 5.25 Å². The third-order valence-corrected chi connectivity index (χ3v) is 5.84. The van der Waals surface area contributed by atoms with Gasteiger partial charge in [0.25, 0.3) is 0 Å². The van der Waals surface area contributed by atoms with Crippen LogP contribution in [-0.4, -0.2) is 41.9 Å². The molecule has 0 spiro atoms. The average molecular weight is 319 g/mol. The SMILES string of the molecule is CC(C)N(C(=O)C1SCCc2ccccc21)C1CCOCC1. The molecule has 0 saturated carbocycles. The molecule has 0 N–H and O–H groups in total. The molecule has 0 bridgehead atoms. The highest BCUT2D eigenvalue weighted by Crippen LogP contribution is 2.39. The fourth-order valence-corrected chi connectivity index (χ4v) is 4.80. The fourth-order valence-electron chi connectivity index (χ4n) is 3.55.